The molecule has 192 valence electrons. The van der Waals surface area contributed by atoms with E-state index in [9.17, 15) is 14.4 Å². The predicted octanol–water partition coefficient (Wildman–Crippen LogP) is 5.45. The molecule has 2 aliphatic heterocycles. The average molecular weight is 558 g/mol. The number of amides is 3. The van der Waals surface area contributed by atoms with Crippen LogP contribution in [-0.4, -0.2) is 64.3 Å². The van der Waals surface area contributed by atoms with Crippen LogP contribution in [0.5, 0.6) is 0 Å². The van der Waals surface area contributed by atoms with E-state index < -0.39 is 11.1 Å². The Morgan fingerprint density at radius 1 is 1.11 bits per heavy atom. The van der Waals surface area contributed by atoms with E-state index >= 15 is 0 Å². The summed E-state index contributed by atoms with van der Waals surface area (Å²) in [4.78, 5) is 41.4. The minimum absolute atomic E-state index is 0.252. The smallest absolute Gasteiger partial charge is 0.294 e. The lowest BCUT2D eigenvalue weighted by molar-refractivity contribution is -0.139. The molecule has 3 amide bonds. The highest BCUT2D eigenvalue weighted by molar-refractivity contribution is 8.18. The zero-order valence-electron chi connectivity index (χ0n) is 20.2. The van der Waals surface area contributed by atoms with Crippen LogP contribution >= 0.6 is 35.0 Å². The number of nitrogens with zero attached hydrogens (tertiary/aromatic N) is 3. The summed E-state index contributed by atoms with van der Waals surface area (Å²) in [6.45, 7) is 4.24. The molecule has 3 heterocycles. The van der Waals surface area contributed by atoms with Gasteiger partial charge in [-0.05, 0) is 47.5 Å². The second-order valence-electron chi connectivity index (χ2n) is 8.89. The maximum Gasteiger partial charge on any atom is 0.294 e. The molecule has 0 radical (unpaired) electrons. The van der Waals surface area contributed by atoms with Gasteiger partial charge >= 0.3 is 0 Å². The maximum absolute atomic E-state index is 13.2. The van der Waals surface area contributed by atoms with E-state index in [0.717, 1.165) is 45.1 Å². The number of para-hydroxylation sites is 1. The number of morpholine rings is 1. The van der Waals surface area contributed by atoms with Crippen molar-refractivity contribution in [3.8, 4) is 0 Å². The third kappa shape index (κ3) is 5.29. The molecule has 0 spiro atoms. The van der Waals surface area contributed by atoms with Gasteiger partial charge in [0, 0.05) is 36.8 Å². The monoisotopic (exact) mass is 557 g/mol. The number of imide groups is 1. The van der Waals surface area contributed by atoms with Crippen LogP contribution in [0.15, 0.2) is 47.5 Å². The van der Waals surface area contributed by atoms with Crippen molar-refractivity contribution in [1.29, 1.82) is 0 Å². The number of halogens is 2. The summed E-state index contributed by atoms with van der Waals surface area (Å²) in [5.41, 5.74) is 4.05. The van der Waals surface area contributed by atoms with Crippen LogP contribution in [0.3, 0.4) is 0 Å². The van der Waals surface area contributed by atoms with E-state index in [4.69, 9.17) is 27.9 Å². The first-order valence-corrected chi connectivity index (χ1v) is 13.6. The summed E-state index contributed by atoms with van der Waals surface area (Å²) < 4.78 is 7.41. The van der Waals surface area contributed by atoms with Gasteiger partial charge in [-0.2, -0.15) is 0 Å². The van der Waals surface area contributed by atoms with E-state index in [1.54, 1.807) is 17.0 Å². The molecule has 0 atom stereocenters. The van der Waals surface area contributed by atoms with Gasteiger partial charge in [0.1, 0.15) is 6.54 Å². The highest BCUT2D eigenvalue weighted by Gasteiger charge is 2.37. The van der Waals surface area contributed by atoms with Crippen molar-refractivity contribution in [2.24, 2.45) is 0 Å². The Morgan fingerprint density at radius 3 is 2.62 bits per heavy atom. The summed E-state index contributed by atoms with van der Waals surface area (Å²) >= 11 is 13.2. The largest absolute Gasteiger partial charge is 0.378 e. The first kappa shape index (κ1) is 25.9. The van der Waals surface area contributed by atoms with Gasteiger partial charge in [0.05, 0.1) is 33.7 Å². The summed E-state index contributed by atoms with van der Waals surface area (Å²) in [6, 6.07) is 11.7. The first-order valence-electron chi connectivity index (χ1n) is 12.0. The molecule has 37 heavy (non-hydrogen) atoms. The van der Waals surface area contributed by atoms with Gasteiger partial charge in [0.25, 0.3) is 11.1 Å². The lowest BCUT2D eigenvalue weighted by atomic mass is 10.1. The molecule has 5 rings (SSSR count). The standard InChI is InChI=1S/C27H25Cl2N3O4S/c1-2-18-4-3-5-20-19(15-31(25(18)20)14-17-6-7-21(28)22(29)12-17)13-23-26(34)32(27(35)37-23)16-24(33)30-8-10-36-11-9-30/h3-7,12-13,15H,2,8-11,14,16H2,1H3/b23-13-. The molecule has 2 aromatic carbocycles. The molecule has 2 saturated heterocycles. The van der Waals surface area contributed by atoms with Crippen molar-refractivity contribution in [2.45, 2.75) is 19.9 Å². The van der Waals surface area contributed by atoms with Crippen molar-refractivity contribution in [1.82, 2.24) is 14.4 Å². The number of aromatic nitrogens is 1. The maximum atomic E-state index is 13.2. The fourth-order valence-electron chi connectivity index (χ4n) is 4.65. The molecule has 0 unspecified atom stereocenters. The number of aryl methyl sites for hydroxylation is 1. The zero-order valence-corrected chi connectivity index (χ0v) is 22.5. The van der Waals surface area contributed by atoms with Crippen LogP contribution in [0.1, 0.15) is 23.6 Å². The minimum Gasteiger partial charge on any atom is -0.378 e. The molecule has 0 N–H and O–H groups in total. The van der Waals surface area contributed by atoms with Gasteiger partial charge in [-0.25, -0.2) is 0 Å². The second kappa shape index (κ2) is 10.9. The molecule has 7 nitrogen and oxygen atoms in total. The van der Waals surface area contributed by atoms with Crippen LogP contribution in [-0.2, 0) is 27.3 Å². The third-order valence-corrected chi connectivity index (χ3v) is 8.19. The summed E-state index contributed by atoms with van der Waals surface area (Å²) in [6.07, 6.45) is 4.57. The first-order chi connectivity index (χ1) is 17.9. The zero-order chi connectivity index (χ0) is 26.1. The Balaban J connectivity index is 1.45. The Morgan fingerprint density at radius 2 is 1.89 bits per heavy atom. The van der Waals surface area contributed by atoms with Gasteiger partial charge in [0.2, 0.25) is 5.91 Å². The van der Waals surface area contributed by atoms with Crippen molar-refractivity contribution in [2.75, 3.05) is 32.8 Å². The fourth-order valence-corrected chi connectivity index (χ4v) is 5.80. The van der Waals surface area contributed by atoms with Crippen LogP contribution in [0.4, 0.5) is 4.79 Å². The Labute approximate surface area is 228 Å². The van der Waals surface area contributed by atoms with Crippen molar-refractivity contribution < 1.29 is 19.1 Å². The Hall–Kier alpha value is -2.78. The van der Waals surface area contributed by atoms with E-state index in [-0.39, 0.29) is 12.5 Å². The molecule has 0 aliphatic carbocycles. The van der Waals surface area contributed by atoms with Gasteiger partial charge < -0.3 is 14.2 Å². The second-order valence-corrected chi connectivity index (χ2v) is 10.7. The molecular formula is C27H25Cl2N3O4S. The number of rotatable bonds is 6. The van der Waals surface area contributed by atoms with Gasteiger partial charge in [-0.15, -0.1) is 0 Å². The molecule has 2 fully saturated rings. The number of hydrogen-bond donors (Lipinski definition) is 0. The fraction of sp³-hybridized carbons (Fsp3) is 0.296. The molecule has 1 aromatic heterocycles. The SMILES string of the molecule is CCc1cccc2c(/C=C3\SC(=O)N(CC(=O)N4CCOCC4)C3=O)cn(Cc3ccc(Cl)c(Cl)c3)c12. The predicted molar refractivity (Wildman–Crippen MR) is 147 cm³/mol. The molecule has 0 saturated carbocycles. The third-order valence-electron chi connectivity index (χ3n) is 6.55. The summed E-state index contributed by atoms with van der Waals surface area (Å²) in [5, 5.41) is 1.54. The van der Waals surface area contributed by atoms with Crippen molar-refractivity contribution >= 4 is 69.0 Å². The van der Waals surface area contributed by atoms with Gasteiger partial charge in [0.15, 0.2) is 0 Å². The molecule has 10 heteroatoms. The highest BCUT2D eigenvalue weighted by Crippen LogP contribution is 2.35. The van der Waals surface area contributed by atoms with E-state index in [1.165, 1.54) is 5.56 Å². The van der Waals surface area contributed by atoms with Crippen molar-refractivity contribution in [3.63, 3.8) is 0 Å². The van der Waals surface area contributed by atoms with E-state index in [0.29, 0.717) is 47.8 Å². The number of benzene rings is 2. The molecular weight excluding hydrogens is 533 g/mol. The molecule has 3 aromatic rings. The number of hydrogen-bond acceptors (Lipinski definition) is 5. The topological polar surface area (TPSA) is 71.9 Å². The van der Waals surface area contributed by atoms with Crippen LogP contribution < -0.4 is 0 Å². The summed E-state index contributed by atoms with van der Waals surface area (Å²) in [7, 11) is 0. The quantitative estimate of drug-likeness (QED) is 0.376. The Kier molecular flexibility index (Phi) is 7.62. The number of thioether (sulfide) groups is 1. The van der Waals surface area contributed by atoms with Crippen LogP contribution in [0.25, 0.3) is 17.0 Å². The number of ether oxygens (including phenoxy) is 1. The Bertz CT molecular complexity index is 1430. The number of carbonyl (C=O) groups is 3. The number of carbonyl (C=O) groups excluding carboxylic acids is 3. The normalized spacial score (nSPS) is 17.4. The highest BCUT2D eigenvalue weighted by atomic mass is 35.5. The molecule has 0 bridgehead atoms. The summed E-state index contributed by atoms with van der Waals surface area (Å²) in [5.74, 6) is -0.702. The molecule has 2 aliphatic rings. The average Bonchev–Trinajstić information content (AvgIpc) is 3.38. The lowest BCUT2D eigenvalue weighted by Crippen LogP contribution is -2.46. The van der Waals surface area contributed by atoms with Crippen molar-refractivity contribution in [3.05, 3.63) is 74.2 Å². The minimum atomic E-state index is -0.450. The van der Waals surface area contributed by atoms with Crippen LogP contribution in [0, 0.1) is 0 Å². The number of fused-ring (bicyclic) bond motifs is 1. The lowest BCUT2D eigenvalue weighted by Gasteiger charge is -2.28. The van der Waals surface area contributed by atoms with Gasteiger partial charge in [-0.1, -0.05) is 54.4 Å². The van der Waals surface area contributed by atoms with E-state index in [2.05, 4.69) is 17.6 Å². The van der Waals surface area contributed by atoms with Crippen LogP contribution in [0.2, 0.25) is 10.0 Å². The van der Waals surface area contributed by atoms with Gasteiger partial charge in [-0.3, -0.25) is 19.3 Å². The van der Waals surface area contributed by atoms with E-state index in [1.807, 2.05) is 30.5 Å².